The van der Waals surface area contributed by atoms with E-state index in [-0.39, 0.29) is 5.91 Å². The molecule has 1 heterocycles. The maximum absolute atomic E-state index is 12.4. The van der Waals surface area contributed by atoms with Crippen LogP contribution in [0.15, 0.2) is 66.7 Å². The Morgan fingerprint density at radius 1 is 1.00 bits per heavy atom. The minimum atomic E-state index is 0.00316. The van der Waals surface area contributed by atoms with Gasteiger partial charge in [0.1, 0.15) is 5.82 Å². The minimum Gasteiger partial charge on any atom is -0.349 e. The number of nitrogens with zero attached hydrogens (tertiary/aromatic N) is 2. The van der Waals surface area contributed by atoms with E-state index in [2.05, 4.69) is 28.5 Å². The fourth-order valence-corrected chi connectivity index (χ4v) is 3.21. The molecule has 0 aliphatic carbocycles. The van der Waals surface area contributed by atoms with E-state index in [0.717, 1.165) is 33.2 Å². The highest BCUT2D eigenvalue weighted by molar-refractivity contribution is 5.90. The van der Waals surface area contributed by atoms with Crippen molar-refractivity contribution in [3.05, 3.63) is 78.1 Å². The van der Waals surface area contributed by atoms with Gasteiger partial charge in [-0.1, -0.05) is 54.6 Å². The average Bonchev–Trinajstić information content (AvgIpc) is 2.97. The molecule has 0 atom stereocenters. The summed E-state index contributed by atoms with van der Waals surface area (Å²) in [6, 6.07) is 22.2. The largest absolute Gasteiger partial charge is 0.349 e. The summed E-state index contributed by atoms with van der Waals surface area (Å²) in [6.45, 7) is 0.425. The number of hydrogen-bond donors (Lipinski definition) is 1. The molecule has 0 unspecified atom stereocenters. The molecule has 124 valence electrons. The van der Waals surface area contributed by atoms with Crippen LogP contribution >= 0.6 is 0 Å². The number of carbonyl (C=O) groups excluding carboxylic acids is 1. The van der Waals surface area contributed by atoms with E-state index in [0.29, 0.717) is 13.0 Å². The van der Waals surface area contributed by atoms with Crippen LogP contribution in [0.1, 0.15) is 11.4 Å². The number of benzene rings is 3. The van der Waals surface area contributed by atoms with Crippen LogP contribution in [0.25, 0.3) is 21.8 Å². The smallest absolute Gasteiger partial charge is 0.224 e. The molecule has 1 N–H and O–H groups in total. The highest BCUT2D eigenvalue weighted by Crippen LogP contribution is 2.19. The molecule has 0 saturated heterocycles. The molecule has 0 spiro atoms. The zero-order valence-electron chi connectivity index (χ0n) is 14.1. The quantitative estimate of drug-likeness (QED) is 0.622. The first-order valence-electron chi connectivity index (χ1n) is 8.36. The number of aromatic nitrogens is 2. The number of para-hydroxylation sites is 2. The van der Waals surface area contributed by atoms with E-state index in [4.69, 9.17) is 0 Å². The monoisotopic (exact) mass is 329 g/mol. The summed E-state index contributed by atoms with van der Waals surface area (Å²) in [5.41, 5.74) is 3.06. The van der Waals surface area contributed by atoms with Gasteiger partial charge in [0.25, 0.3) is 0 Å². The zero-order valence-corrected chi connectivity index (χ0v) is 14.1. The minimum absolute atomic E-state index is 0.00316. The number of carbonyl (C=O) groups is 1. The van der Waals surface area contributed by atoms with Gasteiger partial charge in [0, 0.05) is 7.05 Å². The molecule has 0 aliphatic heterocycles. The number of nitrogens with one attached hydrogen (secondary N) is 1. The van der Waals surface area contributed by atoms with E-state index < -0.39 is 0 Å². The third-order valence-electron chi connectivity index (χ3n) is 4.55. The molecule has 0 bridgehead atoms. The summed E-state index contributed by atoms with van der Waals surface area (Å²) >= 11 is 0. The molecule has 25 heavy (non-hydrogen) atoms. The van der Waals surface area contributed by atoms with Gasteiger partial charge in [-0.25, -0.2) is 4.98 Å². The summed E-state index contributed by atoms with van der Waals surface area (Å²) in [5, 5.41) is 5.28. The Morgan fingerprint density at radius 3 is 2.64 bits per heavy atom. The van der Waals surface area contributed by atoms with Crippen LogP contribution in [0, 0.1) is 0 Å². The molecule has 4 nitrogen and oxygen atoms in total. The van der Waals surface area contributed by atoms with E-state index in [9.17, 15) is 4.79 Å². The van der Waals surface area contributed by atoms with Crippen molar-refractivity contribution in [2.75, 3.05) is 0 Å². The zero-order chi connectivity index (χ0) is 17.2. The third kappa shape index (κ3) is 2.98. The van der Waals surface area contributed by atoms with Crippen molar-refractivity contribution in [1.82, 2.24) is 14.9 Å². The van der Waals surface area contributed by atoms with Gasteiger partial charge in [0.2, 0.25) is 5.91 Å². The Hall–Kier alpha value is -3.14. The number of amides is 1. The summed E-state index contributed by atoms with van der Waals surface area (Å²) in [6.07, 6.45) is 0.366. The van der Waals surface area contributed by atoms with E-state index in [1.165, 1.54) is 0 Å². The Bertz CT molecular complexity index is 1060. The van der Waals surface area contributed by atoms with Crippen molar-refractivity contribution in [1.29, 1.82) is 0 Å². The predicted molar refractivity (Wildman–Crippen MR) is 100 cm³/mol. The molecule has 0 fully saturated rings. The second-order valence-electron chi connectivity index (χ2n) is 6.17. The molecule has 4 aromatic rings. The maximum Gasteiger partial charge on any atom is 0.224 e. The standard InChI is InChI=1S/C21H19N3O/c1-24-19-12-5-4-11-18(19)23-20(24)14-22-21(25)13-16-9-6-8-15-7-2-3-10-17(15)16/h2-12H,13-14H2,1H3,(H,22,25). The topological polar surface area (TPSA) is 46.9 Å². The van der Waals surface area contributed by atoms with Crippen molar-refractivity contribution < 1.29 is 4.79 Å². The van der Waals surface area contributed by atoms with E-state index in [1.807, 2.05) is 60.1 Å². The third-order valence-corrected chi connectivity index (χ3v) is 4.55. The number of hydrogen-bond acceptors (Lipinski definition) is 2. The first kappa shape index (κ1) is 15.4. The van der Waals surface area contributed by atoms with Crippen LogP contribution in [-0.4, -0.2) is 15.5 Å². The number of rotatable bonds is 4. The highest BCUT2D eigenvalue weighted by atomic mass is 16.1. The van der Waals surface area contributed by atoms with Gasteiger partial charge >= 0.3 is 0 Å². The second-order valence-corrected chi connectivity index (χ2v) is 6.17. The molecule has 4 rings (SSSR count). The van der Waals surface area contributed by atoms with Gasteiger partial charge in [0.05, 0.1) is 24.0 Å². The van der Waals surface area contributed by atoms with Crippen LogP contribution in [-0.2, 0) is 24.8 Å². The van der Waals surface area contributed by atoms with Crippen LogP contribution in [0.4, 0.5) is 0 Å². The second kappa shape index (κ2) is 6.40. The summed E-state index contributed by atoms with van der Waals surface area (Å²) < 4.78 is 2.02. The molecule has 0 aliphatic rings. The summed E-state index contributed by atoms with van der Waals surface area (Å²) in [5.74, 6) is 0.857. The molecule has 1 aromatic heterocycles. The predicted octanol–water partition coefficient (Wildman–Crippen LogP) is 3.59. The van der Waals surface area contributed by atoms with Gasteiger partial charge in [-0.15, -0.1) is 0 Å². The van der Waals surface area contributed by atoms with Crippen molar-refractivity contribution in [3.8, 4) is 0 Å². The SMILES string of the molecule is Cn1c(CNC(=O)Cc2cccc3ccccc23)nc2ccccc21. The van der Waals surface area contributed by atoms with Crippen LogP contribution in [0.5, 0.6) is 0 Å². The highest BCUT2D eigenvalue weighted by Gasteiger charge is 2.10. The van der Waals surface area contributed by atoms with Crippen LogP contribution < -0.4 is 5.32 Å². The molecule has 4 heteroatoms. The van der Waals surface area contributed by atoms with Crippen molar-refractivity contribution in [3.63, 3.8) is 0 Å². The Morgan fingerprint density at radius 2 is 1.76 bits per heavy atom. The molecular formula is C21H19N3O. The van der Waals surface area contributed by atoms with Crippen molar-refractivity contribution in [2.24, 2.45) is 7.05 Å². The average molecular weight is 329 g/mol. The van der Waals surface area contributed by atoms with Crippen LogP contribution in [0.3, 0.4) is 0 Å². The lowest BCUT2D eigenvalue weighted by molar-refractivity contribution is -0.120. The first-order valence-corrected chi connectivity index (χ1v) is 8.36. The fourth-order valence-electron chi connectivity index (χ4n) is 3.21. The number of aryl methyl sites for hydroxylation is 1. The molecule has 0 radical (unpaired) electrons. The van der Waals surface area contributed by atoms with Gasteiger partial charge < -0.3 is 9.88 Å². The summed E-state index contributed by atoms with van der Waals surface area (Å²) in [7, 11) is 1.97. The normalized spacial score (nSPS) is 11.1. The van der Waals surface area contributed by atoms with Gasteiger partial charge in [0.15, 0.2) is 0 Å². The number of fused-ring (bicyclic) bond motifs is 2. The Balaban J connectivity index is 1.49. The lowest BCUT2D eigenvalue weighted by Gasteiger charge is -2.08. The lowest BCUT2D eigenvalue weighted by Crippen LogP contribution is -2.26. The van der Waals surface area contributed by atoms with Gasteiger partial charge in [-0.3, -0.25) is 4.79 Å². The maximum atomic E-state index is 12.4. The summed E-state index contributed by atoms with van der Waals surface area (Å²) in [4.78, 5) is 17.0. The van der Waals surface area contributed by atoms with E-state index >= 15 is 0 Å². The fraction of sp³-hybridized carbons (Fsp3) is 0.143. The van der Waals surface area contributed by atoms with Crippen molar-refractivity contribution >= 4 is 27.7 Å². The van der Waals surface area contributed by atoms with Gasteiger partial charge in [-0.2, -0.15) is 0 Å². The van der Waals surface area contributed by atoms with E-state index in [1.54, 1.807) is 0 Å². The van der Waals surface area contributed by atoms with Crippen molar-refractivity contribution in [2.45, 2.75) is 13.0 Å². The molecular weight excluding hydrogens is 310 g/mol. The number of imidazole rings is 1. The molecule has 1 amide bonds. The van der Waals surface area contributed by atoms with Crippen LogP contribution in [0.2, 0.25) is 0 Å². The first-order chi connectivity index (χ1) is 12.2. The Labute approximate surface area is 146 Å². The molecule has 3 aromatic carbocycles. The molecule has 0 saturated carbocycles. The van der Waals surface area contributed by atoms with Gasteiger partial charge in [-0.05, 0) is 28.5 Å². The lowest BCUT2D eigenvalue weighted by atomic mass is 10.0. The Kier molecular flexibility index (Phi) is 3.94.